The Kier molecular flexibility index (Phi) is 7.62. The Labute approximate surface area is 194 Å². The summed E-state index contributed by atoms with van der Waals surface area (Å²) in [6, 6.07) is 4.23. The number of rotatable bonds is 8. The number of hydrogen-bond donors (Lipinski definition) is 2. The highest BCUT2D eigenvalue weighted by atomic mass is 16.5. The molecule has 1 aliphatic carbocycles. The molecule has 4 heteroatoms. The molecule has 2 aliphatic rings. The highest BCUT2D eigenvalue weighted by Gasteiger charge is 2.48. The number of phenolic OH excluding ortho intramolecular Hbond substituents is 1. The Hall–Kier alpha value is -1.97. The van der Waals surface area contributed by atoms with Gasteiger partial charge in [-0.25, -0.2) is 0 Å². The number of phenols is 1. The second kappa shape index (κ2) is 9.89. The van der Waals surface area contributed by atoms with Crippen LogP contribution in [0.25, 0.3) is 0 Å². The topological polar surface area (TPSA) is 58.6 Å². The van der Waals surface area contributed by atoms with E-state index >= 15 is 0 Å². The summed E-state index contributed by atoms with van der Waals surface area (Å²) in [6.07, 6.45) is 12.2. The molecule has 3 atom stereocenters. The van der Waals surface area contributed by atoms with Crippen LogP contribution in [0.1, 0.15) is 110 Å². The Morgan fingerprint density at radius 3 is 2.69 bits per heavy atom. The number of benzene rings is 1. The monoisotopic (exact) mass is 441 g/mol. The number of hydrogen-bond acceptors (Lipinski definition) is 3. The Balaban J connectivity index is 1.90. The van der Waals surface area contributed by atoms with Crippen LogP contribution in [0.5, 0.6) is 11.5 Å². The summed E-state index contributed by atoms with van der Waals surface area (Å²) in [7, 11) is 0. The highest BCUT2D eigenvalue weighted by Crippen LogP contribution is 2.55. The molecule has 1 fully saturated rings. The van der Waals surface area contributed by atoms with Crippen LogP contribution in [0.2, 0.25) is 0 Å². The van der Waals surface area contributed by atoms with Crippen LogP contribution < -0.4 is 10.1 Å². The zero-order valence-corrected chi connectivity index (χ0v) is 21.0. The van der Waals surface area contributed by atoms with Crippen LogP contribution in [-0.2, 0) is 10.2 Å². The van der Waals surface area contributed by atoms with Crippen LogP contribution in [0, 0.1) is 5.92 Å². The van der Waals surface area contributed by atoms with Gasteiger partial charge in [0.25, 0.3) is 0 Å². The number of unbranched alkanes of at least 4 members (excludes halogenated alkanes) is 2. The molecule has 1 aromatic rings. The third-order valence-corrected chi connectivity index (χ3v) is 7.45. The number of amides is 1. The SMILES string of the molecule is CCCCC=CC(C)(C)c1cc(O)c2c(c1)OC(C)(C)C1CCC(NC(=O)CCC)CC21. The number of fused-ring (bicyclic) bond motifs is 3. The number of allylic oxidation sites excluding steroid dienone is 2. The molecule has 2 N–H and O–H groups in total. The molecule has 1 aromatic carbocycles. The van der Waals surface area contributed by atoms with Gasteiger partial charge < -0.3 is 15.2 Å². The van der Waals surface area contributed by atoms with E-state index in [4.69, 9.17) is 4.74 Å². The smallest absolute Gasteiger partial charge is 0.220 e. The normalized spacial score (nSPS) is 24.5. The highest BCUT2D eigenvalue weighted by molar-refractivity contribution is 5.76. The number of ether oxygens (including phenoxy) is 1. The summed E-state index contributed by atoms with van der Waals surface area (Å²) in [5.41, 5.74) is 1.51. The molecule has 1 aliphatic heterocycles. The quantitative estimate of drug-likeness (QED) is 0.346. The fourth-order valence-corrected chi connectivity index (χ4v) is 5.58. The molecule has 32 heavy (non-hydrogen) atoms. The van der Waals surface area contributed by atoms with Crippen LogP contribution in [0.3, 0.4) is 0 Å². The molecule has 1 saturated carbocycles. The Morgan fingerprint density at radius 1 is 1.25 bits per heavy atom. The second-order valence-corrected chi connectivity index (χ2v) is 10.9. The summed E-state index contributed by atoms with van der Waals surface area (Å²) in [5, 5.41) is 14.4. The standard InChI is InChI=1S/C28H43NO3/c1-7-9-10-11-15-27(3,4)19-16-23(30)26-21-18-20(29-25(31)12-8-2)13-14-22(21)28(5,6)32-24(26)17-19/h11,15-17,20-22,30H,7-10,12-14,18H2,1-6H3,(H,29,31). The maximum atomic E-state index is 12.2. The van der Waals surface area contributed by atoms with Crippen molar-refractivity contribution in [2.24, 2.45) is 5.92 Å². The lowest BCUT2D eigenvalue weighted by Crippen LogP contribution is -2.50. The number of aromatic hydroxyl groups is 1. The first kappa shape index (κ1) is 24.7. The molecular weight excluding hydrogens is 398 g/mol. The van der Waals surface area contributed by atoms with Crippen molar-refractivity contribution in [3.63, 3.8) is 0 Å². The Bertz CT molecular complexity index is 839. The van der Waals surface area contributed by atoms with Gasteiger partial charge in [0.1, 0.15) is 17.1 Å². The van der Waals surface area contributed by atoms with Gasteiger partial charge in [-0.05, 0) is 69.6 Å². The third-order valence-electron chi connectivity index (χ3n) is 7.45. The van der Waals surface area contributed by atoms with Crippen LogP contribution in [0.4, 0.5) is 0 Å². The molecule has 3 unspecified atom stereocenters. The fourth-order valence-electron chi connectivity index (χ4n) is 5.58. The third kappa shape index (κ3) is 5.32. The van der Waals surface area contributed by atoms with Gasteiger partial charge >= 0.3 is 0 Å². The molecule has 0 spiro atoms. The number of nitrogens with one attached hydrogen (secondary N) is 1. The zero-order valence-electron chi connectivity index (χ0n) is 21.0. The van der Waals surface area contributed by atoms with E-state index in [1.54, 1.807) is 0 Å². The van der Waals surface area contributed by atoms with Crippen LogP contribution >= 0.6 is 0 Å². The molecule has 0 bridgehead atoms. The van der Waals surface area contributed by atoms with Crippen LogP contribution in [0.15, 0.2) is 24.3 Å². The minimum Gasteiger partial charge on any atom is -0.508 e. The first-order chi connectivity index (χ1) is 15.1. The average Bonchev–Trinajstić information content (AvgIpc) is 2.70. The summed E-state index contributed by atoms with van der Waals surface area (Å²) < 4.78 is 6.53. The maximum absolute atomic E-state index is 12.2. The molecule has 1 amide bonds. The first-order valence-corrected chi connectivity index (χ1v) is 12.6. The lowest BCUT2D eigenvalue weighted by Gasteiger charge is -2.49. The molecule has 0 aromatic heterocycles. The molecule has 4 nitrogen and oxygen atoms in total. The number of carbonyl (C=O) groups is 1. The Morgan fingerprint density at radius 2 is 2.00 bits per heavy atom. The van der Waals surface area contributed by atoms with Crippen molar-refractivity contribution < 1.29 is 14.6 Å². The maximum Gasteiger partial charge on any atom is 0.220 e. The average molecular weight is 442 g/mol. The molecule has 3 rings (SSSR count). The van der Waals surface area contributed by atoms with Gasteiger partial charge in [0.05, 0.1) is 0 Å². The molecule has 178 valence electrons. The predicted octanol–water partition coefficient (Wildman–Crippen LogP) is 6.76. The second-order valence-electron chi connectivity index (χ2n) is 10.9. The predicted molar refractivity (Wildman–Crippen MR) is 131 cm³/mol. The first-order valence-electron chi connectivity index (χ1n) is 12.6. The van der Waals surface area contributed by atoms with Crippen molar-refractivity contribution in [1.29, 1.82) is 0 Å². The van der Waals surface area contributed by atoms with E-state index in [1.165, 1.54) is 12.8 Å². The summed E-state index contributed by atoms with van der Waals surface area (Å²) in [4.78, 5) is 12.2. The van der Waals surface area contributed by atoms with Gasteiger partial charge in [-0.2, -0.15) is 0 Å². The summed E-state index contributed by atoms with van der Waals surface area (Å²) in [5.74, 6) is 1.79. The van der Waals surface area contributed by atoms with E-state index in [9.17, 15) is 9.90 Å². The van der Waals surface area contributed by atoms with Crippen molar-refractivity contribution >= 4 is 5.91 Å². The van der Waals surface area contributed by atoms with Gasteiger partial charge in [-0.15, -0.1) is 0 Å². The van der Waals surface area contributed by atoms with E-state index in [2.05, 4.69) is 58.2 Å². The zero-order chi connectivity index (χ0) is 23.5. The minimum atomic E-state index is -0.303. The van der Waals surface area contributed by atoms with Crippen molar-refractivity contribution in [3.8, 4) is 11.5 Å². The fraction of sp³-hybridized carbons (Fsp3) is 0.679. The van der Waals surface area contributed by atoms with Gasteiger partial charge in [0.15, 0.2) is 0 Å². The van der Waals surface area contributed by atoms with E-state index in [0.717, 1.165) is 49.0 Å². The lowest BCUT2D eigenvalue weighted by atomic mass is 9.65. The largest absolute Gasteiger partial charge is 0.508 e. The molecule has 0 saturated heterocycles. The summed E-state index contributed by atoms with van der Waals surface area (Å²) in [6.45, 7) is 13.0. The minimum absolute atomic E-state index is 0.138. The lowest BCUT2D eigenvalue weighted by molar-refractivity contribution is -0.122. The molecular formula is C28H43NO3. The van der Waals surface area contributed by atoms with Crippen molar-refractivity contribution in [2.45, 2.75) is 116 Å². The van der Waals surface area contributed by atoms with Gasteiger partial charge in [0, 0.05) is 29.4 Å². The van der Waals surface area contributed by atoms with E-state index in [0.29, 0.717) is 18.1 Å². The molecule has 0 radical (unpaired) electrons. The van der Waals surface area contributed by atoms with Crippen molar-refractivity contribution in [2.75, 3.05) is 0 Å². The van der Waals surface area contributed by atoms with Gasteiger partial charge in [-0.3, -0.25) is 4.79 Å². The number of carbonyl (C=O) groups excluding carboxylic acids is 1. The van der Waals surface area contributed by atoms with E-state index in [-0.39, 0.29) is 28.9 Å². The van der Waals surface area contributed by atoms with Gasteiger partial charge in [0.2, 0.25) is 5.91 Å². The van der Waals surface area contributed by atoms with Gasteiger partial charge in [-0.1, -0.05) is 52.7 Å². The summed E-state index contributed by atoms with van der Waals surface area (Å²) >= 11 is 0. The van der Waals surface area contributed by atoms with E-state index in [1.807, 2.05) is 13.0 Å². The molecule has 1 heterocycles. The van der Waals surface area contributed by atoms with Crippen molar-refractivity contribution in [3.05, 3.63) is 35.4 Å². The van der Waals surface area contributed by atoms with Crippen molar-refractivity contribution in [1.82, 2.24) is 5.32 Å². The van der Waals surface area contributed by atoms with E-state index < -0.39 is 0 Å². The van der Waals surface area contributed by atoms with Crippen LogP contribution in [-0.4, -0.2) is 22.7 Å².